The minimum absolute atomic E-state index is 0.0931. The summed E-state index contributed by atoms with van der Waals surface area (Å²) in [6, 6.07) is 9.82. The van der Waals surface area contributed by atoms with Gasteiger partial charge >= 0.3 is 0 Å². The van der Waals surface area contributed by atoms with Crippen LogP contribution >= 0.6 is 0 Å². The first kappa shape index (κ1) is 14.5. The van der Waals surface area contributed by atoms with E-state index in [-0.39, 0.29) is 5.91 Å². The summed E-state index contributed by atoms with van der Waals surface area (Å²) in [5.74, 6) is 0.401. The predicted molar refractivity (Wildman–Crippen MR) is 83.1 cm³/mol. The number of carbonyl (C=O) groups excluding carboxylic acids is 1. The molecule has 0 unspecified atom stereocenters. The molecule has 3 heteroatoms. The van der Waals surface area contributed by atoms with Gasteiger partial charge in [0, 0.05) is 24.2 Å². The maximum atomic E-state index is 12.7. The summed E-state index contributed by atoms with van der Waals surface area (Å²) in [5, 5.41) is 0.939. The predicted octanol–water partition coefficient (Wildman–Crippen LogP) is 3.84. The molecule has 0 spiro atoms. The summed E-state index contributed by atoms with van der Waals surface area (Å²) in [4.78, 5) is 19.2. The first-order chi connectivity index (χ1) is 9.58. The number of hydrogen-bond donors (Lipinski definition) is 0. The first-order valence-corrected chi connectivity index (χ1v) is 7.27. The molecule has 0 atom stereocenters. The van der Waals surface area contributed by atoms with Crippen molar-refractivity contribution in [2.45, 2.75) is 33.6 Å². The molecule has 1 heterocycles. The SMILES string of the molecule is CCN(CC)C(=O)c1cc(C(C)C)nc2ccccc12. The number of amides is 1. The number of benzene rings is 1. The van der Waals surface area contributed by atoms with Crippen LogP contribution in [0.25, 0.3) is 10.9 Å². The smallest absolute Gasteiger partial charge is 0.254 e. The van der Waals surface area contributed by atoms with Crippen LogP contribution in [0.15, 0.2) is 30.3 Å². The van der Waals surface area contributed by atoms with E-state index in [0.717, 1.165) is 35.2 Å². The van der Waals surface area contributed by atoms with Crippen molar-refractivity contribution in [1.82, 2.24) is 9.88 Å². The summed E-state index contributed by atoms with van der Waals surface area (Å²) in [6.45, 7) is 9.67. The molecule has 0 bridgehead atoms. The van der Waals surface area contributed by atoms with Gasteiger partial charge in [-0.15, -0.1) is 0 Å². The molecule has 3 nitrogen and oxygen atoms in total. The average molecular weight is 270 g/mol. The molecule has 1 amide bonds. The molecular formula is C17H22N2O. The van der Waals surface area contributed by atoms with E-state index < -0.39 is 0 Å². The summed E-state index contributed by atoms with van der Waals surface area (Å²) >= 11 is 0. The van der Waals surface area contributed by atoms with Crippen molar-refractivity contribution in [3.63, 3.8) is 0 Å². The van der Waals surface area contributed by atoms with E-state index in [1.807, 2.05) is 49.1 Å². The Balaban J connectivity index is 2.63. The highest BCUT2D eigenvalue weighted by Crippen LogP contribution is 2.23. The van der Waals surface area contributed by atoms with E-state index in [4.69, 9.17) is 0 Å². The van der Waals surface area contributed by atoms with Crippen LogP contribution in [-0.4, -0.2) is 28.9 Å². The highest BCUT2D eigenvalue weighted by molar-refractivity contribution is 6.06. The molecule has 0 N–H and O–H groups in total. The third kappa shape index (κ3) is 2.67. The summed E-state index contributed by atoms with van der Waals surface area (Å²) in [6.07, 6.45) is 0. The Morgan fingerprint density at radius 2 is 1.85 bits per heavy atom. The molecule has 0 saturated carbocycles. The Kier molecular flexibility index (Phi) is 4.38. The second-order valence-corrected chi connectivity index (χ2v) is 5.24. The van der Waals surface area contributed by atoms with E-state index in [2.05, 4.69) is 18.8 Å². The number of para-hydroxylation sites is 1. The van der Waals surface area contributed by atoms with Crippen LogP contribution in [0.2, 0.25) is 0 Å². The number of fused-ring (bicyclic) bond motifs is 1. The van der Waals surface area contributed by atoms with Crippen molar-refractivity contribution >= 4 is 16.8 Å². The normalized spacial score (nSPS) is 11.1. The van der Waals surface area contributed by atoms with Crippen molar-refractivity contribution in [1.29, 1.82) is 0 Å². The van der Waals surface area contributed by atoms with Crippen LogP contribution in [0.1, 0.15) is 49.7 Å². The summed E-state index contributed by atoms with van der Waals surface area (Å²) in [7, 11) is 0. The van der Waals surface area contributed by atoms with Crippen molar-refractivity contribution in [3.8, 4) is 0 Å². The van der Waals surface area contributed by atoms with Gasteiger partial charge in [0.2, 0.25) is 0 Å². The lowest BCUT2D eigenvalue weighted by Gasteiger charge is -2.20. The monoisotopic (exact) mass is 270 g/mol. The van der Waals surface area contributed by atoms with Crippen LogP contribution < -0.4 is 0 Å². The number of carbonyl (C=O) groups is 1. The fourth-order valence-electron chi connectivity index (χ4n) is 2.35. The van der Waals surface area contributed by atoms with Crippen molar-refractivity contribution < 1.29 is 4.79 Å². The van der Waals surface area contributed by atoms with Gasteiger partial charge in [0.1, 0.15) is 0 Å². The summed E-state index contributed by atoms with van der Waals surface area (Å²) in [5.41, 5.74) is 2.64. The lowest BCUT2D eigenvalue weighted by molar-refractivity contribution is 0.0775. The van der Waals surface area contributed by atoms with Crippen LogP contribution in [0.3, 0.4) is 0 Å². The Hall–Kier alpha value is -1.90. The van der Waals surface area contributed by atoms with Crippen LogP contribution in [0.5, 0.6) is 0 Å². The molecule has 0 aliphatic carbocycles. The molecule has 1 aromatic heterocycles. The Labute approximate surface area is 120 Å². The van der Waals surface area contributed by atoms with Gasteiger partial charge in [-0.2, -0.15) is 0 Å². The number of rotatable bonds is 4. The highest BCUT2D eigenvalue weighted by Gasteiger charge is 2.18. The topological polar surface area (TPSA) is 33.2 Å². The number of pyridine rings is 1. The maximum absolute atomic E-state index is 12.7. The molecule has 20 heavy (non-hydrogen) atoms. The van der Waals surface area contributed by atoms with Gasteiger partial charge < -0.3 is 4.90 Å². The van der Waals surface area contributed by atoms with Crippen LogP contribution in [0.4, 0.5) is 0 Å². The van der Waals surface area contributed by atoms with E-state index >= 15 is 0 Å². The third-order valence-electron chi connectivity index (χ3n) is 3.61. The molecule has 0 saturated heterocycles. The molecule has 0 radical (unpaired) electrons. The zero-order chi connectivity index (χ0) is 14.7. The van der Waals surface area contributed by atoms with Crippen LogP contribution in [0, 0.1) is 0 Å². The number of hydrogen-bond acceptors (Lipinski definition) is 2. The van der Waals surface area contributed by atoms with Gasteiger partial charge in [0.25, 0.3) is 5.91 Å². The van der Waals surface area contributed by atoms with Gasteiger partial charge in [-0.3, -0.25) is 9.78 Å². The Bertz CT molecular complexity index is 615. The highest BCUT2D eigenvalue weighted by atomic mass is 16.2. The second kappa shape index (κ2) is 6.04. The fraction of sp³-hybridized carbons (Fsp3) is 0.412. The molecule has 106 valence electrons. The van der Waals surface area contributed by atoms with E-state index in [1.54, 1.807) is 0 Å². The van der Waals surface area contributed by atoms with Crippen molar-refractivity contribution in [2.75, 3.05) is 13.1 Å². The first-order valence-electron chi connectivity index (χ1n) is 7.27. The van der Waals surface area contributed by atoms with E-state index in [0.29, 0.717) is 5.92 Å². The average Bonchev–Trinajstić information content (AvgIpc) is 2.47. The molecule has 1 aromatic carbocycles. The number of aromatic nitrogens is 1. The van der Waals surface area contributed by atoms with Gasteiger partial charge in [0.05, 0.1) is 11.1 Å². The van der Waals surface area contributed by atoms with Crippen molar-refractivity contribution in [2.24, 2.45) is 0 Å². The van der Waals surface area contributed by atoms with Crippen molar-refractivity contribution in [3.05, 3.63) is 41.6 Å². The third-order valence-corrected chi connectivity index (χ3v) is 3.61. The van der Waals surface area contributed by atoms with Gasteiger partial charge in [-0.05, 0) is 31.9 Å². The largest absolute Gasteiger partial charge is 0.339 e. The Morgan fingerprint density at radius 1 is 1.20 bits per heavy atom. The number of nitrogens with zero attached hydrogens (tertiary/aromatic N) is 2. The molecule has 0 fully saturated rings. The maximum Gasteiger partial charge on any atom is 0.254 e. The van der Waals surface area contributed by atoms with Gasteiger partial charge in [-0.1, -0.05) is 32.0 Å². The second-order valence-electron chi connectivity index (χ2n) is 5.24. The lowest BCUT2D eigenvalue weighted by atomic mass is 10.0. The van der Waals surface area contributed by atoms with E-state index in [9.17, 15) is 4.79 Å². The Morgan fingerprint density at radius 3 is 2.45 bits per heavy atom. The van der Waals surface area contributed by atoms with Gasteiger partial charge in [-0.25, -0.2) is 0 Å². The fourth-order valence-corrected chi connectivity index (χ4v) is 2.35. The molecule has 2 aromatic rings. The van der Waals surface area contributed by atoms with Gasteiger partial charge in [0.15, 0.2) is 0 Å². The molecule has 0 aliphatic heterocycles. The molecular weight excluding hydrogens is 248 g/mol. The minimum atomic E-state index is 0.0931. The zero-order valence-electron chi connectivity index (χ0n) is 12.7. The standard InChI is InChI=1S/C17H22N2O/c1-5-19(6-2)17(20)14-11-16(12(3)4)18-15-10-8-7-9-13(14)15/h7-12H,5-6H2,1-4H3. The van der Waals surface area contributed by atoms with Crippen LogP contribution in [-0.2, 0) is 0 Å². The quantitative estimate of drug-likeness (QED) is 0.845. The summed E-state index contributed by atoms with van der Waals surface area (Å²) < 4.78 is 0. The molecule has 0 aliphatic rings. The van der Waals surface area contributed by atoms with E-state index in [1.165, 1.54) is 0 Å². The lowest BCUT2D eigenvalue weighted by Crippen LogP contribution is -2.30. The molecule has 2 rings (SSSR count). The zero-order valence-corrected chi connectivity index (χ0v) is 12.7. The minimum Gasteiger partial charge on any atom is -0.339 e.